The van der Waals surface area contributed by atoms with Crippen molar-refractivity contribution in [3.8, 4) is 17.1 Å². The van der Waals surface area contributed by atoms with Crippen molar-refractivity contribution in [1.82, 2.24) is 9.55 Å². The van der Waals surface area contributed by atoms with E-state index in [-0.39, 0.29) is 18.2 Å². The van der Waals surface area contributed by atoms with Gasteiger partial charge in [0.15, 0.2) is 0 Å². The molecule has 0 amide bonds. The number of carboxylic acid groups (broad SMARTS) is 1. The monoisotopic (exact) mass is 438 g/mol. The molecule has 168 valence electrons. The molecule has 0 fully saturated rings. The summed E-state index contributed by atoms with van der Waals surface area (Å²) in [6.07, 6.45) is 0.503. The SMILES string of the molecule is CC(C)c1nc(-c2ccccc2)n(-c2ccc(F)cc2)c1/C=C/C(O)CC(O)CC(=O)O. The van der Waals surface area contributed by atoms with Crippen LogP contribution >= 0.6 is 0 Å². The molecule has 0 aliphatic rings. The lowest BCUT2D eigenvalue weighted by molar-refractivity contribution is -0.139. The van der Waals surface area contributed by atoms with Crippen molar-refractivity contribution < 1.29 is 24.5 Å². The standard InChI is InChI=1S/C25H27FN2O4/c1-16(2)24-22(13-12-20(29)14-21(30)15-23(31)32)28(19-10-8-18(26)9-11-19)25(27-24)17-6-4-3-5-7-17/h3-13,16,20-21,29-30H,14-15H2,1-2H3,(H,31,32)/b13-12+. The largest absolute Gasteiger partial charge is 0.481 e. The molecule has 0 aliphatic heterocycles. The molecule has 0 spiro atoms. The zero-order valence-electron chi connectivity index (χ0n) is 18.0. The Labute approximate surface area is 186 Å². The fourth-order valence-corrected chi connectivity index (χ4v) is 3.51. The fourth-order valence-electron chi connectivity index (χ4n) is 3.51. The first-order valence-electron chi connectivity index (χ1n) is 10.5. The molecule has 0 aliphatic carbocycles. The summed E-state index contributed by atoms with van der Waals surface area (Å²) in [4.78, 5) is 15.6. The van der Waals surface area contributed by atoms with E-state index in [1.54, 1.807) is 18.2 Å². The molecule has 2 atom stereocenters. The van der Waals surface area contributed by atoms with E-state index in [1.165, 1.54) is 18.2 Å². The lowest BCUT2D eigenvalue weighted by Crippen LogP contribution is -2.19. The average molecular weight is 438 g/mol. The molecule has 1 aromatic heterocycles. The molecule has 0 saturated heterocycles. The molecule has 3 N–H and O–H groups in total. The van der Waals surface area contributed by atoms with Gasteiger partial charge in [-0.05, 0) is 36.3 Å². The summed E-state index contributed by atoms with van der Waals surface area (Å²) in [5.74, 6) is -0.730. The van der Waals surface area contributed by atoms with E-state index < -0.39 is 24.6 Å². The molecule has 1 heterocycles. The van der Waals surface area contributed by atoms with E-state index in [2.05, 4.69) is 0 Å². The van der Waals surface area contributed by atoms with Crippen molar-refractivity contribution in [3.63, 3.8) is 0 Å². The van der Waals surface area contributed by atoms with Gasteiger partial charge in [-0.25, -0.2) is 9.37 Å². The molecule has 32 heavy (non-hydrogen) atoms. The normalized spacial score (nSPS) is 13.6. The molecule has 7 heteroatoms. The highest BCUT2D eigenvalue weighted by atomic mass is 19.1. The van der Waals surface area contributed by atoms with E-state index in [1.807, 2.05) is 48.7 Å². The predicted molar refractivity (Wildman–Crippen MR) is 121 cm³/mol. The third kappa shape index (κ3) is 5.69. The Balaban J connectivity index is 2.08. The van der Waals surface area contributed by atoms with Gasteiger partial charge in [0.1, 0.15) is 11.6 Å². The number of benzene rings is 2. The third-order valence-corrected chi connectivity index (χ3v) is 5.01. The Hall–Kier alpha value is -3.29. The molecule has 3 aromatic rings. The van der Waals surface area contributed by atoms with Crippen molar-refractivity contribution in [2.45, 2.75) is 44.8 Å². The minimum atomic E-state index is -1.15. The van der Waals surface area contributed by atoms with Crippen LogP contribution in [0.2, 0.25) is 0 Å². The summed E-state index contributed by atoms with van der Waals surface area (Å²) in [6, 6.07) is 15.7. The Kier molecular flexibility index (Phi) is 7.56. The van der Waals surface area contributed by atoms with Crippen LogP contribution in [0.15, 0.2) is 60.7 Å². The van der Waals surface area contributed by atoms with E-state index in [0.717, 1.165) is 17.0 Å². The maximum absolute atomic E-state index is 13.6. The molecule has 0 saturated carbocycles. The van der Waals surface area contributed by atoms with Gasteiger partial charge in [0.25, 0.3) is 0 Å². The number of aliphatic carboxylic acids is 1. The topological polar surface area (TPSA) is 95.6 Å². The number of rotatable bonds is 9. The Morgan fingerprint density at radius 3 is 2.34 bits per heavy atom. The highest BCUT2D eigenvalue weighted by Crippen LogP contribution is 2.31. The van der Waals surface area contributed by atoms with E-state index in [4.69, 9.17) is 10.1 Å². The maximum Gasteiger partial charge on any atom is 0.305 e. The summed E-state index contributed by atoms with van der Waals surface area (Å²) in [7, 11) is 0. The van der Waals surface area contributed by atoms with E-state index >= 15 is 0 Å². The van der Waals surface area contributed by atoms with E-state index in [0.29, 0.717) is 11.5 Å². The van der Waals surface area contributed by atoms with Crippen LogP contribution in [0, 0.1) is 5.82 Å². The summed E-state index contributed by atoms with van der Waals surface area (Å²) in [5.41, 5.74) is 3.11. The van der Waals surface area contributed by atoms with Gasteiger partial charge in [-0.15, -0.1) is 0 Å². The highest BCUT2D eigenvalue weighted by molar-refractivity contribution is 5.67. The van der Waals surface area contributed by atoms with Crippen LogP contribution in [0.1, 0.15) is 44.0 Å². The molecule has 3 rings (SSSR count). The van der Waals surface area contributed by atoms with Crippen LogP contribution in [-0.2, 0) is 4.79 Å². The minimum absolute atomic E-state index is 0.0635. The number of nitrogens with zero attached hydrogens (tertiary/aromatic N) is 2. The van der Waals surface area contributed by atoms with Crippen LogP contribution in [0.3, 0.4) is 0 Å². The summed E-state index contributed by atoms with van der Waals surface area (Å²) >= 11 is 0. The second-order valence-electron chi connectivity index (χ2n) is 7.95. The highest BCUT2D eigenvalue weighted by Gasteiger charge is 2.21. The van der Waals surface area contributed by atoms with Crippen molar-refractivity contribution in [2.24, 2.45) is 0 Å². The first kappa shape index (κ1) is 23.4. The van der Waals surface area contributed by atoms with Gasteiger partial charge in [-0.2, -0.15) is 0 Å². The van der Waals surface area contributed by atoms with Crippen LogP contribution in [-0.4, -0.2) is 43.0 Å². The maximum atomic E-state index is 13.6. The van der Waals surface area contributed by atoms with E-state index in [9.17, 15) is 19.4 Å². The van der Waals surface area contributed by atoms with Crippen molar-refractivity contribution in [2.75, 3.05) is 0 Å². The van der Waals surface area contributed by atoms with Crippen LogP contribution in [0.25, 0.3) is 23.2 Å². The third-order valence-electron chi connectivity index (χ3n) is 5.01. The number of aromatic nitrogens is 2. The summed E-state index contributed by atoms with van der Waals surface area (Å²) in [6.45, 7) is 4.02. The Bertz CT molecular complexity index is 1080. The van der Waals surface area contributed by atoms with Gasteiger partial charge < -0.3 is 15.3 Å². The quantitative estimate of drug-likeness (QED) is 0.460. The fraction of sp³-hybridized carbons (Fsp3) is 0.280. The smallest absolute Gasteiger partial charge is 0.305 e. The second-order valence-corrected chi connectivity index (χ2v) is 7.95. The van der Waals surface area contributed by atoms with Crippen molar-refractivity contribution in [1.29, 1.82) is 0 Å². The molecular weight excluding hydrogens is 411 g/mol. The molecule has 0 bridgehead atoms. The van der Waals surface area contributed by atoms with Crippen LogP contribution < -0.4 is 0 Å². The molecule has 2 aromatic carbocycles. The van der Waals surface area contributed by atoms with Crippen molar-refractivity contribution >= 4 is 12.0 Å². The van der Waals surface area contributed by atoms with Crippen LogP contribution in [0.4, 0.5) is 4.39 Å². The zero-order chi connectivity index (χ0) is 23.3. The predicted octanol–water partition coefficient (Wildman–Crippen LogP) is 4.40. The number of imidazole rings is 1. The van der Waals surface area contributed by atoms with Crippen molar-refractivity contribution in [3.05, 3.63) is 77.9 Å². The van der Waals surface area contributed by atoms with Gasteiger partial charge in [-0.3, -0.25) is 9.36 Å². The first-order chi connectivity index (χ1) is 15.3. The average Bonchev–Trinajstić information content (AvgIpc) is 3.12. The Morgan fingerprint density at radius 1 is 1.09 bits per heavy atom. The second kappa shape index (κ2) is 10.3. The molecule has 0 radical (unpaired) electrons. The Morgan fingerprint density at radius 2 is 1.75 bits per heavy atom. The van der Waals surface area contributed by atoms with Gasteiger partial charge in [0.2, 0.25) is 0 Å². The lowest BCUT2D eigenvalue weighted by Gasteiger charge is -2.13. The number of carboxylic acids is 1. The number of aliphatic hydroxyl groups is 2. The summed E-state index contributed by atoms with van der Waals surface area (Å²) in [5, 5.41) is 28.9. The van der Waals surface area contributed by atoms with Gasteiger partial charge in [0, 0.05) is 17.7 Å². The lowest BCUT2D eigenvalue weighted by atomic mass is 10.1. The molecule has 6 nitrogen and oxygen atoms in total. The molecular formula is C25H27FN2O4. The summed E-state index contributed by atoms with van der Waals surface area (Å²) < 4.78 is 15.5. The van der Waals surface area contributed by atoms with Crippen LogP contribution in [0.5, 0.6) is 0 Å². The number of hydrogen-bond donors (Lipinski definition) is 3. The number of carbonyl (C=O) groups is 1. The zero-order valence-corrected chi connectivity index (χ0v) is 18.0. The van der Waals surface area contributed by atoms with Gasteiger partial charge in [-0.1, -0.05) is 50.3 Å². The van der Waals surface area contributed by atoms with Gasteiger partial charge in [0.05, 0.1) is 30.0 Å². The number of halogens is 1. The number of hydrogen-bond acceptors (Lipinski definition) is 4. The molecule has 2 unspecified atom stereocenters. The number of aliphatic hydroxyl groups excluding tert-OH is 2. The van der Waals surface area contributed by atoms with Gasteiger partial charge >= 0.3 is 5.97 Å². The first-order valence-corrected chi connectivity index (χ1v) is 10.5. The minimum Gasteiger partial charge on any atom is -0.481 e.